The fourth-order valence-electron chi connectivity index (χ4n) is 2.22. The van der Waals surface area contributed by atoms with Crippen molar-refractivity contribution in [1.29, 1.82) is 0 Å². The fourth-order valence-corrected chi connectivity index (χ4v) is 2.22. The van der Waals surface area contributed by atoms with Gasteiger partial charge in [0, 0.05) is 6.54 Å². The normalized spacial score (nSPS) is 14.2. The molecular formula is C14H17NO3. The number of imide groups is 1. The summed E-state index contributed by atoms with van der Waals surface area (Å²) in [6.45, 7) is 2.55. The SMILES string of the molecule is CCCCCCN1C(=O)c2cccc(O)c2C1=O. The molecule has 0 spiro atoms. The summed E-state index contributed by atoms with van der Waals surface area (Å²) in [5.74, 6) is -0.770. The zero-order valence-electron chi connectivity index (χ0n) is 10.5. The first-order valence-electron chi connectivity index (χ1n) is 6.35. The molecular weight excluding hydrogens is 230 g/mol. The third-order valence-electron chi connectivity index (χ3n) is 3.21. The number of rotatable bonds is 5. The first kappa shape index (κ1) is 12.6. The Morgan fingerprint density at radius 1 is 1.11 bits per heavy atom. The maximum atomic E-state index is 12.0. The van der Waals surface area contributed by atoms with Gasteiger partial charge in [0.05, 0.1) is 11.1 Å². The molecule has 0 aromatic heterocycles. The number of nitrogens with zero attached hydrogens (tertiary/aromatic N) is 1. The largest absolute Gasteiger partial charge is 0.507 e. The summed E-state index contributed by atoms with van der Waals surface area (Å²) >= 11 is 0. The van der Waals surface area contributed by atoms with Gasteiger partial charge in [0.15, 0.2) is 0 Å². The molecule has 0 saturated carbocycles. The topological polar surface area (TPSA) is 57.6 Å². The summed E-state index contributed by atoms with van der Waals surface area (Å²) < 4.78 is 0. The van der Waals surface area contributed by atoms with Crippen molar-refractivity contribution in [3.8, 4) is 5.75 Å². The minimum atomic E-state index is -0.371. The average Bonchev–Trinajstić information content (AvgIpc) is 2.60. The highest BCUT2D eigenvalue weighted by atomic mass is 16.3. The van der Waals surface area contributed by atoms with Crippen LogP contribution in [-0.4, -0.2) is 28.4 Å². The number of phenols is 1. The van der Waals surface area contributed by atoms with Crippen LogP contribution in [-0.2, 0) is 0 Å². The van der Waals surface area contributed by atoms with Crippen LogP contribution in [0.3, 0.4) is 0 Å². The fraction of sp³-hybridized carbons (Fsp3) is 0.429. The summed E-state index contributed by atoms with van der Waals surface area (Å²) in [4.78, 5) is 25.3. The van der Waals surface area contributed by atoms with Gasteiger partial charge >= 0.3 is 0 Å². The van der Waals surface area contributed by atoms with E-state index >= 15 is 0 Å². The van der Waals surface area contributed by atoms with Gasteiger partial charge in [-0.3, -0.25) is 14.5 Å². The predicted octanol–water partition coefficient (Wildman–Crippen LogP) is 2.57. The molecule has 0 unspecified atom stereocenters. The van der Waals surface area contributed by atoms with Crippen LogP contribution in [0.5, 0.6) is 5.75 Å². The zero-order valence-corrected chi connectivity index (χ0v) is 10.5. The quantitative estimate of drug-likeness (QED) is 0.642. The van der Waals surface area contributed by atoms with Crippen LogP contribution >= 0.6 is 0 Å². The van der Waals surface area contributed by atoms with Gasteiger partial charge < -0.3 is 5.11 Å². The molecule has 4 nitrogen and oxygen atoms in total. The van der Waals surface area contributed by atoms with Gasteiger partial charge in [-0.1, -0.05) is 32.3 Å². The number of benzene rings is 1. The number of unbranched alkanes of at least 4 members (excludes halogenated alkanes) is 3. The number of phenolic OH excluding ortho intramolecular Hbond substituents is 1. The number of hydrogen-bond donors (Lipinski definition) is 1. The van der Waals surface area contributed by atoms with E-state index in [1.165, 1.54) is 11.0 Å². The highest BCUT2D eigenvalue weighted by Crippen LogP contribution is 2.30. The predicted molar refractivity (Wildman–Crippen MR) is 67.6 cm³/mol. The van der Waals surface area contributed by atoms with Crippen molar-refractivity contribution in [3.05, 3.63) is 29.3 Å². The molecule has 1 aliphatic heterocycles. The number of amides is 2. The Kier molecular flexibility index (Phi) is 3.65. The van der Waals surface area contributed by atoms with Crippen molar-refractivity contribution in [2.45, 2.75) is 32.6 Å². The molecule has 0 atom stereocenters. The summed E-state index contributed by atoms with van der Waals surface area (Å²) in [7, 11) is 0. The van der Waals surface area contributed by atoms with Crippen LogP contribution in [0.1, 0.15) is 53.3 Å². The maximum absolute atomic E-state index is 12.0. The third kappa shape index (κ3) is 2.10. The van der Waals surface area contributed by atoms with E-state index in [2.05, 4.69) is 6.92 Å². The monoisotopic (exact) mass is 247 g/mol. The van der Waals surface area contributed by atoms with Crippen LogP contribution in [0.4, 0.5) is 0 Å². The van der Waals surface area contributed by atoms with Gasteiger partial charge in [-0.25, -0.2) is 0 Å². The van der Waals surface area contributed by atoms with E-state index in [1.807, 2.05) is 0 Å². The third-order valence-corrected chi connectivity index (χ3v) is 3.21. The molecule has 96 valence electrons. The second-order valence-corrected chi connectivity index (χ2v) is 4.52. The molecule has 0 saturated heterocycles. The van der Waals surface area contributed by atoms with E-state index in [4.69, 9.17) is 0 Å². The number of carbonyl (C=O) groups is 2. The minimum Gasteiger partial charge on any atom is -0.507 e. The lowest BCUT2D eigenvalue weighted by Crippen LogP contribution is -2.30. The Bertz CT molecular complexity index is 482. The van der Waals surface area contributed by atoms with E-state index in [1.54, 1.807) is 12.1 Å². The summed E-state index contributed by atoms with van der Waals surface area (Å²) in [6.07, 6.45) is 4.05. The summed E-state index contributed by atoms with van der Waals surface area (Å²) in [5.41, 5.74) is 0.466. The van der Waals surface area contributed by atoms with Crippen molar-refractivity contribution in [3.63, 3.8) is 0 Å². The van der Waals surface area contributed by atoms with E-state index < -0.39 is 0 Å². The standard InChI is InChI=1S/C14H17NO3/c1-2-3-4-5-9-15-13(17)10-7-6-8-11(16)12(10)14(15)18/h6-8,16H,2-5,9H2,1H3. The van der Waals surface area contributed by atoms with Crippen LogP contribution in [0.25, 0.3) is 0 Å². The van der Waals surface area contributed by atoms with E-state index in [0.717, 1.165) is 25.7 Å². The Labute approximate surface area is 106 Å². The molecule has 18 heavy (non-hydrogen) atoms. The molecule has 0 fully saturated rings. The Balaban J connectivity index is 2.11. The van der Waals surface area contributed by atoms with Crippen molar-refractivity contribution in [2.75, 3.05) is 6.54 Å². The highest BCUT2D eigenvalue weighted by molar-refractivity contribution is 6.22. The van der Waals surface area contributed by atoms with Gasteiger partial charge in [0.1, 0.15) is 5.75 Å². The smallest absolute Gasteiger partial charge is 0.265 e. The minimum absolute atomic E-state index is 0.109. The molecule has 1 aliphatic rings. The lowest BCUT2D eigenvalue weighted by Gasteiger charge is -2.13. The molecule has 0 radical (unpaired) electrons. The Hall–Kier alpha value is -1.84. The number of aromatic hydroxyl groups is 1. The van der Waals surface area contributed by atoms with Gasteiger partial charge in [-0.2, -0.15) is 0 Å². The second-order valence-electron chi connectivity index (χ2n) is 4.52. The maximum Gasteiger partial charge on any atom is 0.265 e. The van der Waals surface area contributed by atoms with Gasteiger partial charge in [-0.05, 0) is 18.6 Å². The van der Waals surface area contributed by atoms with Crippen molar-refractivity contribution in [1.82, 2.24) is 4.90 Å². The van der Waals surface area contributed by atoms with Crippen LogP contribution in [0.15, 0.2) is 18.2 Å². The molecule has 1 N–H and O–H groups in total. The second kappa shape index (κ2) is 5.21. The van der Waals surface area contributed by atoms with Crippen LogP contribution in [0.2, 0.25) is 0 Å². The molecule has 4 heteroatoms. The molecule has 0 aliphatic carbocycles. The molecule has 1 heterocycles. The summed E-state index contributed by atoms with van der Waals surface area (Å²) in [5, 5.41) is 9.65. The Morgan fingerprint density at radius 2 is 1.89 bits per heavy atom. The number of fused-ring (bicyclic) bond motifs is 1. The van der Waals surface area contributed by atoms with Crippen LogP contribution < -0.4 is 0 Å². The van der Waals surface area contributed by atoms with Gasteiger partial charge in [0.25, 0.3) is 11.8 Å². The highest BCUT2D eigenvalue weighted by Gasteiger charge is 2.36. The first-order valence-corrected chi connectivity index (χ1v) is 6.35. The molecule has 2 amide bonds. The molecule has 1 aromatic rings. The first-order chi connectivity index (χ1) is 8.66. The van der Waals surface area contributed by atoms with Gasteiger partial charge in [-0.15, -0.1) is 0 Å². The lowest BCUT2D eigenvalue weighted by atomic mass is 10.1. The summed E-state index contributed by atoms with van der Waals surface area (Å²) in [6, 6.07) is 4.60. The van der Waals surface area contributed by atoms with E-state index in [9.17, 15) is 14.7 Å². The van der Waals surface area contributed by atoms with Crippen LogP contribution in [0, 0.1) is 0 Å². The number of hydrogen-bond acceptors (Lipinski definition) is 3. The van der Waals surface area contributed by atoms with Crippen molar-refractivity contribution < 1.29 is 14.7 Å². The lowest BCUT2D eigenvalue weighted by molar-refractivity contribution is 0.0651. The molecule has 0 bridgehead atoms. The zero-order chi connectivity index (χ0) is 13.1. The Morgan fingerprint density at radius 3 is 2.56 bits per heavy atom. The van der Waals surface area contributed by atoms with E-state index in [-0.39, 0.29) is 23.1 Å². The van der Waals surface area contributed by atoms with Crippen molar-refractivity contribution in [2.24, 2.45) is 0 Å². The van der Waals surface area contributed by atoms with E-state index in [0.29, 0.717) is 12.1 Å². The number of carbonyl (C=O) groups excluding carboxylic acids is 2. The average molecular weight is 247 g/mol. The van der Waals surface area contributed by atoms with Gasteiger partial charge in [0.2, 0.25) is 0 Å². The molecule has 2 rings (SSSR count). The van der Waals surface area contributed by atoms with Crippen molar-refractivity contribution >= 4 is 11.8 Å². The molecule has 1 aromatic carbocycles.